The number of ether oxygens (including phenoxy) is 2. The molecule has 1 aromatic heterocycles. The average Bonchev–Trinajstić information content (AvgIpc) is 3.09. The quantitative estimate of drug-likeness (QED) is 0.702. The maximum absolute atomic E-state index is 12.0. The van der Waals surface area contributed by atoms with Gasteiger partial charge in [0.25, 0.3) is 5.91 Å². The minimum absolute atomic E-state index is 0.0478. The molecule has 0 bridgehead atoms. The Labute approximate surface area is 152 Å². The number of H-pyrrole nitrogens is 1. The number of amides is 2. The zero-order chi connectivity index (χ0) is 18.9. The molecule has 1 aliphatic heterocycles. The Kier molecular flexibility index (Phi) is 7.43. The summed E-state index contributed by atoms with van der Waals surface area (Å²) in [5, 5.41) is 9.48. The van der Waals surface area contributed by atoms with Gasteiger partial charge in [-0.1, -0.05) is 13.3 Å². The van der Waals surface area contributed by atoms with Crippen molar-refractivity contribution in [2.45, 2.75) is 45.6 Å². The van der Waals surface area contributed by atoms with E-state index in [0.717, 1.165) is 18.5 Å². The number of rotatable bonds is 7. The minimum Gasteiger partial charge on any atom is -0.451 e. The van der Waals surface area contributed by atoms with Crippen molar-refractivity contribution in [3.05, 3.63) is 17.5 Å². The van der Waals surface area contributed by atoms with Crippen LogP contribution in [-0.4, -0.2) is 65.4 Å². The maximum atomic E-state index is 12.0. The van der Waals surface area contributed by atoms with E-state index in [2.05, 4.69) is 15.5 Å². The van der Waals surface area contributed by atoms with E-state index in [1.807, 2.05) is 6.92 Å². The van der Waals surface area contributed by atoms with Crippen LogP contribution >= 0.6 is 0 Å². The number of aromatic amines is 1. The monoisotopic (exact) mass is 366 g/mol. The maximum Gasteiger partial charge on any atom is 0.409 e. The van der Waals surface area contributed by atoms with Gasteiger partial charge in [0.2, 0.25) is 0 Å². The van der Waals surface area contributed by atoms with Crippen molar-refractivity contribution < 1.29 is 23.9 Å². The van der Waals surface area contributed by atoms with Crippen molar-refractivity contribution in [3.63, 3.8) is 0 Å². The molecule has 0 aliphatic carbocycles. The van der Waals surface area contributed by atoms with Crippen molar-refractivity contribution in [2.24, 2.45) is 0 Å². The van der Waals surface area contributed by atoms with Crippen molar-refractivity contribution in [2.75, 3.05) is 26.3 Å². The molecule has 2 amide bonds. The molecule has 0 aromatic carbocycles. The molecule has 0 spiro atoms. The summed E-state index contributed by atoms with van der Waals surface area (Å²) in [6.45, 7) is 4.83. The second kappa shape index (κ2) is 9.79. The van der Waals surface area contributed by atoms with E-state index in [4.69, 9.17) is 9.47 Å². The number of hydrogen-bond donors (Lipinski definition) is 2. The first kappa shape index (κ1) is 19.7. The van der Waals surface area contributed by atoms with Crippen LogP contribution in [0, 0.1) is 0 Å². The smallest absolute Gasteiger partial charge is 0.409 e. The van der Waals surface area contributed by atoms with Gasteiger partial charge in [0, 0.05) is 24.8 Å². The standard InChI is InChI=1S/C17H26N4O5/c1-3-5-13-10-14(20-19-13)16(23)26-11-15(22)18-12-6-8-21(9-7-12)17(24)25-4-2/h10,12H,3-9,11H2,1-2H3,(H,18,22)(H,19,20). The number of aryl methyl sites for hydroxylation is 1. The van der Waals surface area contributed by atoms with Crippen LogP contribution in [0.4, 0.5) is 4.79 Å². The first-order valence-electron chi connectivity index (χ1n) is 8.96. The van der Waals surface area contributed by atoms with Crippen molar-refractivity contribution in [3.8, 4) is 0 Å². The third-order valence-corrected chi connectivity index (χ3v) is 4.08. The number of esters is 1. The van der Waals surface area contributed by atoms with Gasteiger partial charge in [0.05, 0.1) is 6.61 Å². The van der Waals surface area contributed by atoms with Gasteiger partial charge in [-0.25, -0.2) is 9.59 Å². The van der Waals surface area contributed by atoms with Gasteiger partial charge in [-0.05, 0) is 32.3 Å². The summed E-state index contributed by atoms with van der Waals surface area (Å²) in [5.41, 5.74) is 1.03. The number of piperidine rings is 1. The van der Waals surface area contributed by atoms with Crippen molar-refractivity contribution >= 4 is 18.0 Å². The molecule has 0 saturated carbocycles. The molecule has 1 saturated heterocycles. The van der Waals surface area contributed by atoms with Gasteiger partial charge in [-0.3, -0.25) is 9.89 Å². The van der Waals surface area contributed by atoms with Crippen molar-refractivity contribution in [1.29, 1.82) is 0 Å². The van der Waals surface area contributed by atoms with E-state index in [9.17, 15) is 14.4 Å². The fraction of sp³-hybridized carbons (Fsp3) is 0.647. The van der Waals surface area contributed by atoms with Gasteiger partial charge in [0.15, 0.2) is 12.3 Å². The Morgan fingerprint density at radius 1 is 1.27 bits per heavy atom. The summed E-state index contributed by atoms with van der Waals surface area (Å²) in [6.07, 6.45) is 2.68. The highest BCUT2D eigenvalue weighted by molar-refractivity contribution is 5.89. The molecule has 0 radical (unpaired) electrons. The molecule has 2 rings (SSSR count). The highest BCUT2D eigenvalue weighted by Gasteiger charge is 2.25. The second-order valence-electron chi connectivity index (χ2n) is 6.13. The molecule has 2 heterocycles. The summed E-state index contributed by atoms with van der Waals surface area (Å²) in [5.74, 6) is -0.992. The number of aromatic nitrogens is 2. The fourth-order valence-corrected chi connectivity index (χ4v) is 2.76. The molecule has 9 heteroatoms. The number of carbonyl (C=O) groups excluding carboxylic acids is 3. The fourth-order valence-electron chi connectivity index (χ4n) is 2.76. The van der Waals surface area contributed by atoms with Crippen LogP contribution in [0.15, 0.2) is 6.07 Å². The highest BCUT2D eigenvalue weighted by atomic mass is 16.6. The van der Waals surface area contributed by atoms with Crippen LogP contribution in [0.2, 0.25) is 0 Å². The molecule has 9 nitrogen and oxygen atoms in total. The molecule has 1 aromatic rings. The summed E-state index contributed by atoms with van der Waals surface area (Å²) >= 11 is 0. The molecule has 144 valence electrons. The molecule has 1 fully saturated rings. The van der Waals surface area contributed by atoms with Gasteiger partial charge < -0.3 is 19.7 Å². The van der Waals surface area contributed by atoms with Gasteiger partial charge in [-0.15, -0.1) is 0 Å². The van der Waals surface area contributed by atoms with Crippen LogP contribution in [0.25, 0.3) is 0 Å². The first-order valence-corrected chi connectivity index (χ1v) is 8.96. The van der Waals surface area contributed by atoms with Crippen LogP contribution < -0.4 is 5.32 Å². The topological polar surface area (TPSA) is 114 Å². The molecule has 26 heavy (non-hydrogen) atoms. The van der Waals surface area contributed by atoms with Crippen LogP contribution in [0.3, 0.4) is 0 Å². The Balaban J connectivity index is 1.69. The molecular weight excluding hydrogens is 340 g/mol. The van der Waals surface area contributed by atoms with E-state index in [-0.39, 0.29) is 30.3 Å². The third kappa shape index (κ3) is 5.75. The number of nitrogens with one attached hydrogen (secondary N) is 2. The molecule has 0 unspecified atom stereocenters. The number of hydrogen-bond acceptors (Lipinski definition) is 6. The SMILES string of the molecule is CCCc1cc(C(=O)OCC(=O)NC2CCN(C(=O)OCC)CC2)n[nH]1. The van der Waals surface area contributed by atoms with E-state index < -0.39 is 5.97 Å². The van der Waals surface area contributed by atoms with Crippen LogP contribution in [-0.2, 0) is 20.7 Å². The van der Waals surface area contributed by atoms with Gasteiger partial charge in [-0.2, -0.15) is 5.10 Å². The third-order valence-electron chi connectivity index (χ3n) is 4.08. The average molecular weight is 366 g/mol. The largest absolute Gasteiger partial charge is 0.451 e. The Morgan fingerprint density at radius 2 is 2.00 bits per heavy atom. The van der Waals surface area contributed by atoms with E-state index in [0.29, 0.717) is 32.5 Å². The Bertz CT molecular complexity index is 622. The van der Waals surface area contributed by atoms with E-state index >= 15 is 0 Å². The summed E-state index contributed by atoms with van der Waals surface area (Å²) in [6, 6.07) is 1.59. The summed E-state index contributed by atoms with van der Waals surface area (Å²) < 4.78 is 9.95. The first-order chi connectivity index (χ1) is 12.5. The summed E-state index contributed by atoms with van der Waals surface area (Å²) in [7, 11) is 0. The van der Waals surface area contributed by atoms with Crippen LogP contribution in [0.5, 0.6) is 0 Å². The number of nitrogens with zero attached hydrogens (tertiary/aromatic N) is 2. The minimum atomic E-state index is -0.629. The normalized spacial score (nSPS) is 14.8. The zero-order valence-electron chi connectivity index (χ0n) is 15.2. The molecule has 2 N–H and O–H groups in total. The molecular formula is C17H26N4O5. The molecule has 0 atom stereocenters. The van der Waals surface area contributed by atoms with E-state index in [1.165, 1.54) is 0 Å². The lowest BCUT2D eigenvalue weighted by Gasteiger charge is -2.31. The van der Waals surface area contributed by atoms with Crippen LogP contribution in [0.1, 0.15) is 49.3 Å². The van der Waals surface area contributed by atoms with E-state index in [1.54, 1.807) is 17.9 Å². The predicted octanol–water partition coefficient (Wildman–Crippen LogP) is 1.26. The predicted molar refractivity (Wildman–Crippen MR) is 92.6 cm³/mol. The Hall–Kier alpha value is -2.58. The lowest BCUT2D eigenvalue weighted by atomic mass is 10.1. The number of carbonyl (C=O) groups is 3. The Morgan fingerprint density at radius 3 is 2.65 bits per heavy atom. The summed E-state index contributed by atoms with van der Waals surface area (Å²) in [4.78, 5) is 37.1. The zero-order valence-corrected chi connectivity index (χ0v) is 15.2. The van der Waals surface area contributed by atoms with Gasteiger partial charge >= 0.3 is 12.1 Å². The lowest BCUT2D eigenvalue weighted by Crippen LogP contribution is -2.47. The highest BCUT2D eigenvalue weighted by Crippen LogP contribution is 2.11. The molecule has 1 aliphatic rings. The van der Waals surface area contributed by atoms with Gasteiger partial charge in [0.1, 0.15) is 0 Å². The lowest BCUT2D eigenvalue weighted by molar-refractivity contribution is -0.125. The number of likely N-dealkylation sites (tertiary alicyclic amines) is 1. The second-order valence-corrected chi connectivity index (χ2v) is 6.13. The van der Waals surface area contributed by atoms with Crippen molar-refractivity contribution in [1.82, 2.24) is 20.4 Å².